The molecule has 6 nitrogen and oxygen atoms in total. The molecule has 6 heteroatoms. The number of methoxy groups -OCH3 is 1. The van der Waals surface area contributed by atoms with E-state index in [9.17, 15) is 9.90 Å². The maximum absolute atomic E-state index is 10.8. The molecule has 0 amide bonds. The van der Waals surface area contributed by atoms with Crippen LogP contribution in [0, 0.1) is 0 Å². The lowest BCUT2D eigenvalue weighted by Gasteiger charge is -2.15. The van der Waals surface area contributed by atoms with E-state index in [1.54, 1.807) is 13.2 Å². The van der Waals surface area contributed by atoms with Gasteiger partial charge in [-0.1, -0.05) is 18.2 Å². The summed E-state index contributed by atoms with van der Waals surface area (Å²) < 4.78 is 18.1. The van der Waals surface area contributed by atoms with Crippen LogP contribution in [-0.2, 0) is 16.6 Å². The first-order valence-electron chi connectivity index (χ1n) is 8.66. The zero-order valence-corrected chi connectivity index (χ0v) is 15.6. The fraction of sp³-hybridized carbons (Fsp3) is 0.286. The number of para-hydroxylation sites is 1. The van der Waals surface area contributed by atoms with Gasteiger partial charge in [0.15, 0.2) is 0 Å². The molecular formula is C21H23NO5. The maximum Gasteiger partial charge on any atom is 0.302 e. The van der Waals surface area contributed by atoms with Gasteiger partial charge in [-0.2, -0.15) is 0 Å². The third-order valence-electron chi connectivity index (χ3n) is 4.32. The Kier molecular flexibility index (Phi) is 5.66. The van der Waals surface area contributed by atoms with Gasteiger partial charge in [0.05, 0.1) is 12.8 Å². The first kappa shape index (κ1) is 18.8. The van der Waals surface area contributed by atoms with Gasteiger partial charge in [0.1, 0.15) is 30.8 Å². The molecule has 142 valence electrons. The lowest BCUT2D eigenvalue weighted by molar-refractivity contribution is -0.144. The first-order valence-corrected chi connectivity index (χ1v) is 8.66. The maximum atomic E-state index is 10.8. The number of aliphatic hydroxyl groups is 1. The van der Waals surface area contributed by atoms with Crippen LogP contribution in [0.3, 0.4) is 0 Å². The Morgan fingerprint density at radius 3 is 2.63 bits per heavy atom. The molecule has 0 bridgehead atoms. The van der Waals surface area contributed by atoms with Crippen LogP contribution in [0.4, 0.5) is 0 Å². The van der Waals surface area contributed by atoms with Crippen LogP contribution < -0.4 is 9.47 Å². The molecule has 1 N–H and O–H groups in total. The summed E-state index contributed by atoms with van der Waals surface area (Å²) in [5, 5.41) is 11.0. The molecular weight excluding hydrogens is 346 g/mol. The van der Waals surface area contributed by atoms with Gasteiger partial charge >= 0.3 is 5.97 Å². The topological polar surface area (TPSA) is 69.9 Å². The summed E-state index contributed by atoms with van der Waals surface area (Å²) in [5.41, 5.74) is 3.01. The molecule has 0 fully saturated rings. The van der Waals surface area contributed by atoms with Crippen LogP contribution in [0.5, 0.6) is 11.5 Å². The number of aliphatic hydroxyl groups excluding tert-OH is 1. The van der Waals surface area contributed by atoms with E-state index in [4.69, 9.17) is 14.2 Å². The fourth-order valence-corrected chi connectivity index (χ4v) is 2.98. The third-order valence-corrected chi connectivity index (χ3v) is 4.32. The number of aromatic nitrogens is 1. The van der Waals surface area contributed by atoms with Crippen molar-refractivity contribution in [2.75, 3.05) is 20.3 Å². The highest BCUT2D eigenvalue weighted by molar-refractivity contribution is 5.88. The molecule has 0 saturated carbocycles. The molecule has 3 aromatic rings. The number of carbonyl (C=O) groups excluding carboxylic acids is 1. The molecule has 0 aliphatic heterocycles. The van der Waals surface area contributed by atoms with Gasteiger partial charge in [-0.15, -0.1) is 0 Å². The number of rotatable bonds is 7. The first-order chi connectivity index (χ1) is 13.0. The summed E-state index contributed by atoms with van der Waals surface area (Å²) >= 11 is 0. The highest BCUT2D eigenvalue weighted by atomic mass is 16.5. The van der Waals surface area contributed by atoms with Crippen molar-refractivity contribution in [2.24, 2.45) is 7.05 Å². The Morgan fingerprint density at radius 2 is 1.93 bits per heavy atom. The van der Waals surface area contributed by atoms with E-state index >= 15 is 0 Å². The highest BCUT2D eigenvalue weighted by Gasteiger charge is 2.14. The van der Waals surface area contributed by atoms with E-state index in [2.05, 4.69) is 22.8 Å². The molecule has 3 rings (SSSR count). The summed E-state index contributed by atoms with van der Waals surface area (Å²) in [6.45, 7) is 1.23. The summed E-state index contributed by atoms with van der Waals surface area (Å²) in [5.74, 6) is 0.892. The number of carbonyl (C=O) groups is 1. The van der Waals surface area contributed by atoms with Crippen LogP contribution in [0.2, 0.25) is 0 Å². The van der Waals surface area contributed by atoms with Crippen molar-refractivity contribution in [3.63, 3.8) is 0 Å². The van der Waals surface area contributed by atoms with Crippen LogP contribution in [0.1, 0.15) is 6.92 Å². The average Bonchev–Trinajstić information content (AvgIpc) is 3.01. The quantitative estimate of drug-likeness (QED) is 0.648. The fourth-order valence-electron chi connectivity index (χ4n) is 2.98. The van der Waals surface area contributed by atoms with Gasteiger partial charge in [0.25, 0.3) is 0 Å². The van der Waals surface area contributed by atoms with Crippen LogP contribution in [0.25, 0.3) is 22.2 Å². The van der Waals surface area contributed by atoms with Gasteiger partial charge in [-0.3, -0.25) is 4.79 Å². The van der Waals surface area contributed by atoms with Crippen molar-refractivity contribution < 1.29 is 24.1 Å². The largest absolute Gasteiger partial charge is 0.496 e. The van der Waals surface area contributed by atoms with Crippen molar-refractivity contribution in [1.82, 2.24) is 4.57 Å². The molecule has 1 aromatic heterocycles. The smallest absolute Gasteiger partial charge is 0.302 e. The predicted molar refractivity (Wildman–Crippen MR) is 103 cm³/mol. The van der Waals surface area contributed by atoms with Crippen molar-refractivity contribution in [3.05, 3.63) is 48.5 Å². The zero-order chi connectivity index (χ0) is 19.4. The summed E-state index contributed by atoms with van der Waals surface area (Å²) in [4.78, 5) is 10.8. The van der Waals surface area contributed by atoms with Crippen molar-refractivity contribution >= 4 is 16.9 Å². The number of benzene rings is 2. The second-order valence-corrected chi connectivity index (χ2v) is 6.28. The average molecular weight is 369 g/mol. The van der Waals surface area contributed by atoms with Gasteiger partial charge in [-0.25, -0.2) is 0 Å². The van der Waals surface area contributed by atoms with Gasteiger partial charge in [-0.05, 0) is 30.3 Å². The number of ether oxygens (including phenoxy) is 3. The minimum Gasteiger partial charge on any atom is -0.496 e. The van der Waals surface area contributed by atoms with E-state index < -0.39 is 12.1 Å². The normalized spacial score (nSPS) is 12.0. The van der Waals surface area contributed by atoms with E-state index in [1.807, 2.05) is 31.3 Å². The van der Waals surface area contributed by atoms with Crippen molar-refractivity contribution in [3.8, 4) is 22.8 Å². The Balaban J connectivity index is 1.85. The van der Waals surface area contributed by atoms with Gasteiger partial charge < -0.3 is 23.9 Å². The van der Waals surface area contributed by atoms with Gasteiger partial charge in [0.2, 0.25) is 0 Å². The summed E-state index contributed by atoms with van der Waals surface area (Å²) in [7, 11) is 3.64. The Labute approximate surface area is 157 Å². The standard InChI is InChI=1S/C21H23NO5/c1-14(23)26-12-16(24)13-27-17-8-9-21(25-3)18(11-17)20-10-15-6-4-5-7-19(15)22(20)2/h4-11,16,24H,12-13H2,1-3H3. The SMILES string of the molecule is COc1ccc(OCC(O)COC(C)=O)cc1-c1cc2ccccc2n1C. The van der Waals surface area contributed by atoms with E-state index in [0.717, 1.165) is 27.9 Å². The number of aryl methyl sites for hydroxylation is 1. The Hall–Kier alpha value is -2.99. The monoisotopic (exact) mass is 369 g/mol. The number of esters is 1. The molecule has 0 saturated heterocycles. The zero-order valence-electron chi connectivity index (χ0n) is 15.6. The van der Waals surface area contributed by atoms with Crippen LogP contribution >= 0.6 is 0 Å². The highest BCUT2D eigenvalue weighted by Crippen LogP contribution is 2.36. The molecule has 0 aliphatic carbocycles. The van der Waals surface area contributed by atoms with E-state index in [0.29, 0.717) is 5.75 Å². The molecule has 1 heterocycles. The number of hydrogen-bond donors (Lipinski definition) is 1. The minimum absolute atomic E-state index is 0.0220. The number of fused-ring (bicyclic) bond motifs is 1. The molecule has 2 aromatic carbocycles. The Bertz CT molecular complexity index is 947. The van der Waals surface area contributed by atoms with Crippen LogP contribution in [0.15, 0.2) is 48.5 Å². The molecule has 0 aliphatic rings. The molecule has 0 spiro atoms. The molecule has 0 radical (unpaired) electrons. The summed E-state index contributed by atoms with van der Waals surface area (Å²) in [6, 6.07) is 15.7. The second-order valence-electron chi connectivity index (χ2n) is 6.28. The van der Waals surface area contributed by atoms with Crippen LogP contribution in [-0.4, -0.2) is 42.1 Å². The predicted octanol–water partition coefficient (Wildman–Crippen LogP) is 3.16. The minimum atomic E-state index is -0.892. The summed E-state index contributed by atoms with van der Waals surface area (Å²) in [6.07, 6.45) is -0.892. The van der Waals surface area contributed by atoms with E-state index in [-0.39, 0.29) is 13.2 Å². The van der Waals surface area contributed by atoms with Crippen molar-refractivity contribution in [1.29, 1.82) is 0 Å². The van der Waals surface area contributed by atoms with Gasteiger partial charge in [0, 0.05) is 30.4 Å². The molecule has 27 heavy (non-hydrogen) atoms. The molecule has 1 atom stereocenters. The molecule has 1 unspecified atom stereocenters. The Morgan fingerprint density at radius 1 is 1.15 bits per heavy atom. The lowest BCUT2D eigenvalue weighted by Crippen LogP contribution is -2.24. The lowest BCUT2D eigenvalue weighted by atomic mass is 10.1. The van der Waals surface area contributed by atoms with E-state index in [1.165, 1.54) is 6.92 Å². The second kappa shape index (κ2) is 8.14. The number of nitrogens with zero attached hydrogens (tertiary/aromatic N) is 1. The third kappa shape index (κ3) is 4.23. The number of hydrogen-bond acceptors (Lipinski definition) is 5. The van der Waals surface area contributed by atoms with Crippen molar-refractivity contribution in [2.45, 2.75) is 13.0 Å².